The molecule has 19 heavy (non-hydrogen) atoms. The fourth-order valence-electron chi connectivity index (χ4n) is 2.00. The van der Waals surface area contributed by atoms with Crippen LogP contribution in [0.4, 0.5) is 4.39 Å². The normalized spacial score (nSPS) is 12.6. The Hall–Kier alpha value is -1.32. The monoisotopic (exact) mass is 281 g/mol. The molecule has 0 aliphatic rings. The van der Waals surface area contributed by atoms with Crippen molar-refractivity contribution >= 4 is 11.6 Å². The number of nitrogens with one attached hydrogen (secondary N) is 1. The highest BCUT2D eigenvalue weighted by Gasteiger charge is 2.17. The Morgan fingerprint density at radius 3 is 2.68 bits per heavy atom. The summed E-state index contributed by atoms with van der Waals surface area (Å²) in [6, 6.07) is 8.54. The van der Waals surface area contributed by atoms with E-state index in [1.54, 1.807) is 19.1 Å². The molecule has 0 spiro atoms. The Bertz CT molecular complexity index is 553. The number of rotatable bonds is 5. The second-order valence-corrected chi connectivity index (χ2v) is 4.91. The van der Waals surface area contributed by atoms with E-state index in [2.05, 4.69) is 12.2 Å². The smallest absolute Gasteiger partial charge is 0.193 e. The Labute approximate surface area is 117 Å². The summed E-state index contributed by atoms with van der Waals surface area (Å²) in [6.07, 6.45) is 1.01. The van der Waals surface area contributed by atoms with Gasteiger partial charge < -0.3 is 9.73 Å². The molecule has 1 aromatic heterocycles. The largest absolute Gasteiger partial charge is 0.448 e. The maximum Gasteiger partial charge on any atom is 0.193 e. The van der Waals surface area contributed by atoms with Gasteiger partial charge in [0.05, 0.1) is 6.04 Å². The average molecular weight is 282 g/mol. The fraction of sp³-hybridized carbons (Fsp3) is 0.333. The summed E-state index contributed by atoms with van der Waals surface area (Å²) in [5, 5.41) is 3.75. The number of hydrogen-bond donors (Lipinski definition) is 1. The molecule has 4 heteroatoms. The molecule has 0 amide bonds. The van der Waals surface area contributed by atoms with Crippen LogP contribution in [0.2, 0.25) is 5.22 Å². The van der Waals surface area contributed by atoms with E-state index in [-0.39, 0.29) is 11.9 Å². The van der Waals surface area contributed by atoms with E-state index >= 15 is 0 Å². The summed E-state index contributed by atoms with van der Waals surface area (Å²) < 4.78 is 18.8. The molecule has 2 nitrogen and oxygen atoms in total. The van der Waals surface area contributed by atoms with Crippen molar-refractivity contribution in [1.29, 1.82) is 0 Å². The first-order chi connectivity index (χ1) is 9.11. The summed E-state index contributed by atoms with van der Waals surface area (Å²) in [7, 11) is 0. The Morgan fingerprint density at radius 2 is 2.11 bits per heavy atom. The van der Waals surface area contributed by atoms with Crippen LogP contribution in [0, 0.1) is 12.7 Å². The van der Waals surface area contributed by atoms with Gasteiger partial charge in [0.25, 0.3) is 0 Å². The third kappa shape index (κ3) is 3.37. The molecule has 2 aromatic rings. The Kier molecular flexibility index (Phi) is 4.61. The predicted molar refractivity (Wildman–Crippen MR) is 75.0 cm³/mol. The molecule has 0 bridgehead atoms. The molecule has 1 N–H and O–H groups in total. The number of halogens is 2. The van der Waals surface area contributed by atoms with Gasteiger partial charge in [-0.15, -0.1) is 0 Å². The molecular weight excluding hydrogens is 265 g/mol. The fourth-order valence-corrected chi connectivity index (χ4v) is 2.15. The van der Waals surface area contributed by atoms with Crippen LogP contribution < -0.4 is 5.32 Å². The third-order valence-electron chi connectivity index (χ3n) is 2.99. The summed E-state index contributed by atoms with van der Waals surface area (Å²) in [6.45, 7) is 4.69. The molecule has 0 radical (unpaired) electrons. The van der Waals surface area contributed by atoms with E-state index in [1.165, 1.54) is 6.07 Å². The van der Waals surface area contributed by atoms with Crippen LogP contribution in [-0.2, 0) is 0 Å². The van der Waals surface area contributed by atoms with E-state index in [1.807, 2.05) is 12.1 Å². The van der Waals surface area contributed by atoms with Gasteiger partial charge >= 0.3 is 0 Å². The SMILES string of the molecule is CCCNC(c1ccc(F)c(C)c1)c1ccc(Cl)o1. The quantitative estimate of drug-likeness (QED) is 0.875. The highest BCUT2D eigenvalue weighted by molar-refractivity contribution is 6.28. The first-order valence-electron chi connectivity index (χ1n) is 6.36. The Morgan fingerprint density at radius 1 is 1.32 bits per heavy atom. The van der Waals surface area contributed by atoms with Gasteiger partial charge in [0, 0.05) is 0 Å². The van der Waals surface area contributed by atoms with Crippen LogP contribution >= 0.6 is 11.6 Å². The minimum Gasteiger partial charge on any atom is -0.448 e. The topological polar surface area (TPSA) is 25.2 Å². The van der Waals surface area contributed by atoms with Gasteiger partial charge in [0.1, 0.15) is 11.6 Å². The van der Waals surface area contributed by atoms with Crippen LogP contribution in [0.3, 0.4) is 0 Å². The molecule has 1 atom stereocenters. The van der Waals surface area contributed by atoms with Crippen molar-refractivity contribution in [3.8, 4) is 0 Å². The minimum atomic E-state index is -0.199. The molecule has 0 fully saturated rings. The van der Waals surface area contributed by atoms with Crippen molar-refractivity contribution in [2.45, 2.75) is 26.3 Å². The van der Waals surface area contributed by atoms with Crippen molar-refractivity contribution in [2.24, 2.45) is 0 Å². The van der Waals surface area contributed by atoms with Crippen LogP contribution in [0.25, 0.3) is 0 Å². The van der Waals surface area contributed by atoms with Gasteiger partial charge in [-0.25, -0.2) is 4.39 Å². The molecular formula is C15H17ClFNO. The average Bonchev–Trinajstić information content (AvgIpc) is 2.80. The summed E-state index contributed by atoms with van der Waals surface area (Å²) in [5.41, 5.74) is 1.59. The van der Waals surface area contributed by atoms with Gasteiger partial charge in [0.15, 0.2) is 5.22 Å². The Balaban J connectivity index is 2.33. The highest BCUT2D eigenvalue weighted by Crippen LogP contribution is 2.27. The van der Waals surface area contributed by atoms with Crippen molar-refractivity contribution in [2.75, 3.05) is 6.54 Å². The van der Waals surface area contributed by atoms with Gasteiger partial charge in [-0.05, 0) is 60.8 Å². The molecule has 1 heterocycles. The van der Waals surface area contributed by atoms with E-state index in [0.717, 1.165) is 24.3 Å². The van der Waals surface area contributed by atoms with E-state index in [9.17, 15) is 4.39 Å². The van der Waals surface area contributed by atoms with Gasteiger partial charge in [0.2, 0.25) is 0 Å². The second-order valence-electron chi connectivity index (χ2n) is 4.54. The highest BCUT2D eigenvalue weighted by atomic mass is 35.5. The van der Waals surface area contributed by atoms with Crippen LogP contribution in [0.1, 0.15) is 36.3 Å². The molecule has 1 unspecified atom stereocenters. The van der Waals surface area contributed by atoms with Crippen LogP contribution in [0.15, 0.2) is 34.7 Å². The zero-order chi connectivity index (χ0) is 13.8. The lowest BCUT2D eigenvalue weighted by Crippen LogP contribution is -2.22. The standard InChI is InChI=1S/C15H17ClFNO/c1-3-8-18-15(13-6-7-14(16)19-13)11-4-5-12(17)10(2)9-11/h4-7,9,15,18H,3,8H2,1-2H3. The number of furan rings is 1. The van der Waals surface area contributed by atoms with Crippen LogP contribution in [-0.4, -0.2) is 6.54 Å². The van der Waals surface area contributed by atoms with Gasteiger partial charge in [-0.2, -0.15) is 0 Å². The van der Waals surface area contributed by atoms with Gasteiger partial charge in [-0.1, -0.05) is 19.1 Å². The zero-order valence-corrected chi connectivity index (χ0v) is 11.8. The molecule has 1 aromatic carbocycles. The van der Waals surface area contributed by atoms with Crippen molar-refractivity contribution in [3.05, 3.63) is 58.3 Å². The van der Waals surface area contributed by atoms with Crippen molar-refractivity contribution in [1.82, 2.24) is 5.32 Å². The molecule has 0 saturated heterocycles. The minimum absolute atomic E-state index is 0.105. The number of aryl methyl sites for hydroxylation is 1. The zero-order valence-electron chi connectivity index (χ0n) is 11.0. The third-order valence-corrected chi connectivity index (χ3v) is 3.20. The first-order valence-corrected chi connectivity index (χ1v) is 6.74. The summed E-state index contributed by atoms with van der Waals surface area (Å²) >= 11 is 5.83. The molecule has 2 rings (SSSR count). The summed E-state index contributed by atoms with van der Waals surface area (Å²) in [4.78, 5) is 0. The molecule has 0 saturated carbocycles. The predicted octanol–water partition coefficient (Wildman–Crippen LogP) is 4.47. The number of hydrogen-bond acceptors (Lipinski definition) is 2. The van der Waals surface area contributed by atoms with Gasteiger partial charge in [-0.3, -0.25) is 0 Å². The lowest BCUT2D eigenvalue weighted by molar-refractivity contribution is 0.447. The van der Waals surface area contributed by atoms with Crippen molar-refractivity contribution in [3.63, 3.8) is 0 Å². The van der Waals surface area contributed by atoms with E-state index in [4.69, 9.17) is 16.0 Å². The summed E-state index contributed by atoms with van der Waals surface area (Å²) in [5.74, 6) is 0.542. The van der Waals surface area contributed by atoms with Crippen LogP contribution in [0.5, 0.6) is 0 Å². The molecule has 0 aliphatic carbocycles. The molecule has 102 valence electrons. The maximum atomic E-state index is 13.4. The second kappa shape index (κ2) is 6.22. The van der Waals surface area contributed by atoms with E-state index in [0.29, 0.717) is 10.8 Å². The lowest BCUT2D eigenvalue weighted by Gasteiger charge is -2.17. The maximum absolute atomic E-state index is 13.4. The van der Waals surface area contributed by atoms with E-state index < -0.39 is 0 Å². The lowest BCUT2D eigenvalue weighted by atomic mass is 10.0. The number of benzene rings is 1. The van der Waals surface area contributed by atoms with Crippen molar-refractivity contribution < 1.29 is 8.81 Å². The molecule has 0 aliphatic heterocycles. The first kappa shape index (κ1) is 14.1.